The second-order valence-electron chi connectivity index (χ2n) is 7.93. The van der Waals surface area contributed by atoms with E-state index in [1.54, 1.807) is 12.1 Å². The van der Waals surface area contributed by atoms with Crippen molar-refractivity contribution in [3.8, 4) is 0 Å². The topological polar surface area (TPSA) is 70.6 Å². The molecule has 7 nitrogen and oxygen atoms in total. The van der Waals surface area contributed by atoms with E-state index in [4.69, 9.17) is 14.7 Å². The van der Waals surface area contributed by atoms with Crippen LogP contribution in [0.1, 0.15) is 18.5 Å². The molecule has 1 atom stereocenters. The molecule has 1 aromatic heterocycles. The Hall–Kier alpha value is -2.26. The zero-order chi connectivity index (χ0) is 20.5. The lowest BCUT2D eigenvalue weighted by molar-refractivity contribution is 0.0903. The van der Waals surface area contributed by atoms with Gasteiger partial charge in [-0.25, -0.2) is 9.37 Å². The van der Waals surface area contributed by atoms with E-state index >= 15 is 0 Å². The zero-order valence-corrected chi connectivity index (χ0v) is 17.7. The molecule has 0 spiro atoms. The van der Waals surface area contributed by atoms with E-state index in [1.165, 1.54) is 6.07 Å². The number of hydrogen-bond donors (Lipinski definition) is 1. The number of benzene rings is 1. The maximum absolute atomic E-state index is 13.6. The normalized spacial score (nSPS) is 22.2. The van der Waals surface area contributed by atoms with Crippen molar-refractivity contribution in [3.63, 3.8) is 0 Å². The molecule has 4 heterocycles. The minimum absolute atomic E-state index is 0.214. The SMILES string of the molecule is O=S1CCc2nc(N3CCN(c4cccc(F)c4)CC3)nc(NC3CCOCC3)c21. The number of anilines is 3. The Morgan fingerprint density at radius 1 is 1.10 bits per heavy atom. The summed E-state index contributed by atoms with van der Waals surface area (Å²) in [4.78, 5) is 14.7. The molecule has 1 aromatic carbocycles. The lowest BCUT2D eigenvalue weighted by atomic mass is 10.1. The highest BCUT2D eigenvalue weighted by Gasteiger charge is 2.29. The standard InChI is InChI=1S/C21H26FN5O2S/c22-15-2-1-3-17(14-15)26-7-9-27(10-8-26)21-24-18-6-13-30(28)19(18)20(25-21)23-16-4-11-29-12-5-16/h1-3,14,16H,4-13H2,(H,23,24,25). The Bertz CT molecular complexity index is 945. The molecular weight excluding hydrogens is 405 g/mol. The van der Waals surface area contributed by atoms with Gasteiger partial charge in [-0.3, -0.25) is 4.21 Å². The number of rotatable bonds is 4. The fourth-order valence-corrected chi connectivity index (χ4v) is 5.61. The van der Waals surface area contributed by atoms with Gasteiger partial charge >= 0.3 is 0 Å². The fraction of sp³-hybridized carbons (Fsp3) is 0.524. The Labute approximate surface area is 178 Å². The van der Waals surface area contributed by atoms with Gasteiger partial charge in [-0.2, -0.15) is 4.98 Å². The predicted molar refractivity (Wildman–Crippen MR) is 115 cm³/mol. The first-order valence-electron chi connectivity index (χ1n) is 10.6. The molecule has 1 unspecified atom stereocenters. The number of nitrogens with zero attached hydrogens (tertiary/aromatic N) is 4. The molecule has 30 heavy (non-hydrogen) atoms. The number of aromatic nitrogens is 2. The van der Waals surface area contributed by atoms with Crippen molar-refractivity contribution in [2.24, 2.45) is 0 Å². The lowest BCUT2D eigenvalue weighted by Crippen LogP contribution is -2.47. The van der Waals surface area contributed by atoms with E-state index in [0.717, 1.165) is 80.7 Å². The third-order valence-electron chi connectivity index (χ3n) is 5.97. The largest absolute Gasteiger partial charge is 0.381 e. The average molecular weight is 432 g/mol. The average Bonchev–Trinajstić information content (AvgIpc) is 3.16. The first-order valence-corrected chi connectivity index (χ1v) is 11.9. The molecule has 2 saturated heterocycles. The van der Waals surface area contributed by atoms with Gasteiger partial charge in [0.2, 0.25) is 5.95 Å². The number of nitrogens with one attached hydrogen (secondary N) is 1. The summed E-state index contributed by atoms with van der Waals surface area (Å²) in [6.07, 6.45) is 2.57. The van der Waals surface area contributed by atoms with E-state index in [-0.39, 0.29) is 11.9 Å². The summed E-state index contributed by atoms with van der Waals surface area (Å²) in [5.74, 6) is 1.82. The molecule has 3 aliphatic heterocycles. The van der Waals surface area contributed by atoms with E-state index in [1.807, 2.05) is 6.07 Å². The first-order chi connectivity index (χ1) is 14.7. The Morgan fingerprint density at radius 2 is 1.87 bits per heavy atom. The van der Waals surface area contributed by atoms with Crippen LogP contribution in [0.5, 0.6) is 0 Å². The molecule has 9 heteroatoms. The van der Waals surface area contributed by atoms with Crippen LogP contribution in [0.15, 0.2) is 29.2 Å². The molecule has 3 aliphatic rings. The van der Waals surface area contributed by atoms with E-state index < -0.39 is 10.8 Å². The van der Waals surface area contributed by atoms with Crippen LogP contribution in [0, 0.1) is 5.82 Å². The van der Waals surface area contributed by atoms with Crippen molar-refractivity contribution < 1.29 is 13.3 Å². The van der Waals surface area contributed by atoms with Crippen LogP contribution in [0.4, 0.5) is 21.8 Å². The molecule has 2 aromatic rings. The number of hydrogen-bond acceptors (Lipinski definition) is 7. The molecule has 0 amide bonds. The highest BCUT2D eigenvalue weighted by Crippen LogP contribution is 2.31. The Balaban J connectivity index is 1.34. The van der Waals surface area contributed by atoms with Gasteiger partial charge in [0.15, 0.2) is 0 Å². The van der Waals surface area contributed by atoms with Gasteiger partial charge in [0, 0.05) is 63.3 Å². The van der Waals surface area contributed by atoms with Gasteiger partial charge in [0.05, 0.1) is 16.5 Å². The van der Waals surface area contributed by atoms with Crippen LogP contribution < -0.4 is 15.1 Å². The third kappa shape index (κ3) is 4.00. The minimum Gasteiger partial charge on any atom is -0.381 e. The van der Waals surface area contributed by atoms with Crippen molar-refractivity contribution in [3.05, 3.63) is 35.8 Å². The van der Waals surface area contributed by atoms with Gasteiger partial charge in [-0.15, -0.1) is 0 Å². The van der Waals surface area contributed by atoms with Crippen molar-refractivity contribution >= 4 is 28.3 Å². The first kappa shape index (κ1) is 19.7. The Kier molecular flexibility index (Phi) is 5.56. The van der Waals surface area contributed by atoms with E-state index in [0.29, 0.717) is 11.7 Å². The second kappa shape index (κ2) is 8.47. The van der Waals surface area contributed by atoms with Crippen molar-refractivity contribution in [2.45, 2.75) is 30.2 Å². The summed E-state index contributed by atoms with van der Waals surface area (Å²) >= 11 is 0. The third-order valence-corrected chi connectivity index (χ3v) is 7.43. The van der Waals surface area contributed by atoms with Crippen molar-refractivity contribution in [2.75, 3.05) is 60.3 Å². The van der Waals surface area contributed by atoms with E-state index in [2.05, 4.69) is 15.1 Å². The van der Waals surface area contributed by atoms with Crippen LogP contribution in [0.2, 0.25) is 0 Å². The molecule has 0 bridgehead atoms. The zero-order valence-electron chi connectivity index (χ0n) is 16.8. The molecular formula is C21H26FN5O2S. The summed E-state index contributed by atoms with van der Waals surface area (Å²) in [5.41, 5.74) is 1.81. The summed E-state index contributed by atoms with van der Waals surface area (Å²) in [6.45, 7) is 4.55. The Morgan fingerprint density at radius 3 is 2.63 bits per heavy atom. The van der Waals surface area contributed by atoms with Crippen LogP contribution in [0.3, 0.4) is 0 Å². The summed E-state index contributed by atoms with van der Waals surface area (Å²) in [7, 11) is -1.04. The quantitative estimate of drug-likeness (QED) is 0.796. The summed E-state index contributed by atoms with van der Waals surface area (Å²) in [6, 6.07) is 7.01. The van der Waals surface area contributed by atoms with Gasteiger partial charge < -0.3 is 19.9 Å². The number of halogens is 1. The predicted octanol–water partition coefficient (Wildman–Crippen LogP) is 2.20. The number of ether oxygens (including phenoxy) is 1. The smallest absolute Gasteiger partial charge is 0.227 e. The monoisotopic (exact) mass is 431 g/mol. The summed E-state index contributed by atoms with van der Waals surface area (Å²) < 4.78 is 31.6. The number of piperazine rings is 1. The number of fused-ring (bicyclic) bond motifs is 1. The molecule has 0 aliphatic carbocycles. The second-order valence-corrected chi connectivity index (χ2v) is 9.44. The molecule has 0 radical (unpaired) electrons. The highest BCUT2D eigenvalue weighted by molar-refractivity contribution is 7.85. The van der Waals surface area contributed by atoms with Gasteiger partial charge in [0.25, 0.3) is 0 Å². The van der Waals surface area contributed by atoms with Gasteiger partial charge in [-0.05, 0) is 31.0 Å². The highest BCUT2D eigenvalue weighted by atomic mass is 32.2. The maximum atomic E-state index is 13.6. The van der Waals surface area contributed by atoms with Gasteiger partial charge in [-0.1, -0.05) is 6.07 Å². The molecule has 2 fully saturated rings. The van der Waals surface area contributed by atoms with Gasteiger partial charge in [0.1, 0.15) is 16.5 Å². The van der Waals surface area contributed by atoms with Crippen LogP contribution in [-0.4, -0.2) is 65.4 Å². The minimum atomic E-state index is -1.04. The molecule has 5 rings (SSSR count). The summed E-state index contributed by atoms with van der Waals surface area (Å²) in [5, 5.41) is 3.53. The molecule has 160 valence electrons. The number of aryl methyl sites for hydroxylation is 1. The van der Waals surface area contributed by atoms with Crippen LogP contribution in [0.25, 0.3) is 0 Å². The lowest BCUT2D eigenvalue weighted by Gasteiger charge is -2.36. The van der Waals surface area contributed by atoms with Crippen LogP contribution in [-0.2, 0) is 22.0 Å². The van der Waals surface area contributed by atoms with Crippen molar-refractivity contribution in [1.82, 2.24) is 9.97 Å². The molecule has 1 N–H and O–H groups in total. The van der Waals surface area contributed by atoms with Crippen LogP contribution >= 0.6 is 0 Å². The molecule has 0 saturated carbocycles. The maximum Gasteiger partial charge on any atom is 0.227 e. The van der Waals surface area contributed by atoms with E-state index in [9.17, 15) is 8.60 Å². The van der Waals surface area contributed by atoms with Crippen molar-refractivity contribution in [1.29, 1.82) is 0 Å². The fourth-order valence-electron chi connectivity index (χ4n) is 4.30.